The topological polar surface area (TPSA) is 70.0 Å². The van der Waals surface area contributed by atoms with Crippen molar-refractivity contribution in [2.45, 2.75) is 19.8 Å². The molecule has 1 atom stereocenters. The number of amides is 1. The Morgan fingerprint density at radius 2 is 1.87 bits per heavy atom. The van der Waals surface area contributed by atoms with Gasteiger partial charge < -0.3 is 5.32 Å². The fourth-order valence-electron chi connectivity index (χ4n) is 2.27. The van der Waals surface area contributed by atoms with Crippen LogP contribution in [0.4, 0.5) is 5.69 Å². The largest absolute Gasteiger partial charge is 0.325 e. The van der Waals surface area contributed by atoms with Gasteiger partial charge in [0.2, 0.25) is 5.91 Å². The Morgan fingerprint density at radius 1 is 1.13 bits per heavy atom. The molecule has 0 bridgehead atoms. The number of hydrogen-bond acceptors (Lipinski definition) is 3. The first-order valence-corrected chi connectivity index (χ1v) is 7.44. The molecule has 0 saturated heterocycles. The summed E-state index contributed by atoms with van der Waals surface area (Å²) in [6.07, 6.45) is 0.694. The van der Waals surface area contributed by atoms with Crippen LogP contribution in [0.25, 0.3) is 0 Å². The van der Waals surface area contributed by atoms with Crippen molar-refractivity contribution in [3.8, 4) is 6.07 Å². The third-order valence-electron chi connectivity index (χ3n) is 3.50. The summed E-state index contributed by atoms with van der Waals surface area (Å²) in [7, 11) is 0. The first-order valence-electron chi connectivity index (χ1n) is 7.44. The molecule has 4 heteroatoms. The summed E-state index contributed by atoms with van der Waals surface area (Å²) in [6.45, 7) is 1.91. The Kier molecular flexibility index (Phi) is 5.65. The molecule has 1 amide bonds. The second-order valence-corrected chi connectivity index (χ2v) is 5.37. The Labute approximate surface area is 135 Å². The molecule has 0 saturated carbocycles. The summed E-state index contributed by atoms with van der Waals surface area (Å²) in [5, 5.41) is 11.8. The van der Waals surface area contributed by atoms with Crippen molar-refractivity contribution in [2.75, 3.05) is 5.32 Å². The SMILES string of the molecule is Cc1cccc(NC(=O)C(C#N)C(=O)CCc2ccccc2)c1. The van der Waals surface area contributed by atoms with Crippen LogP contribution in [-0.2, 0) is 16.0 Å². The monoisotopic (exact) mass is 306 g/mol. The zero-order valence-corrected chi connectivity index (χ0v) is 13.0. The van der Waals surface area contributed by atoms with Crippen LogP contribution in [-0.4, -0.2) is 11.7 Å². The van der Waals surface area contributed by atoms with E-state index in [9.17, 15) is 9.59 Å². The van der Waals surface area contributed by atoms with Gasteiger partial charge in [-0.1, -0.05) is 42.5 Å². The van der Waals surface area contributed by atoms with E-state index in [4.69, 9.17) is 5.26 Å². The second-order valence-electron chi connectivity index (χ2n) is 5.37. The molecule has 23 heavy (non-hydrogen) atoms. The molecule has 0 radical (unpaired) electrons. The highest BCUT2D eigenvalue weighted by Gasteiger charge is 2.25. The fraction of sp³-hybridized carbons (Fsp3) is 0.211. The van der Waals surface area contributed by atoms with Crippen LogP contribution in [0.1, 0.15) is 17.5 Å². The molecule has 0 fully saturated rings. The molecule has 2 aromatic carbocycles. The highest BCUT2D eigenvalue weighted by Crippen LogP contribution is 2.13. The minimum absolute atomic E-state index is 0.170. The number of nitrogens with zero attached hydrogens (tertiary/aromatic N) is 1. The molecule has 1 N–H and O–H groups in total. The van der Waals surface area contributed by atoms with Crippen LogP contribution in [0.2, 0.25) is 0 Å². The summed E-state index contributed by atoms with van der Waals surface area (Å²) in [6, 6.07) is 18.6. The zero-order valence-electron chi connectivity index (χ0n) is 13.0. The van der Waals surface area contributed by atoms with Crippen LogP contribution in [0.3, 0.4) is 0 Å². The molecule has 2 aromatic rings. The van der Waals surface area contributed by atoms with Gasteiger partial charge in [0, 0.05) is 12.1 Å². The maximum Gasteiger partial charge on any atom is 0.249 e. The van der Waals surface area contributed by atoms with Crippen molar-refractivity contribution in [3.05, 3.63) is 65.7 Å². The Bertz CT molecular complexity index is 733. The number of ketones is 1. The van der Waals surface area contributed by atoms with Gasteiger partial charge in [-0.05, 0) is 36.6 Å². The minimum Gasteiger partial charge on any atom is -0.325 e. The van der Waals surface area contributed by atoms with Gasteiger partial charge in [-0.2, -0.15) is 5.26 Å². The van der Waals surface area contributed by atoms with Crippen molar-refractivity contribution < 1.29 is 9.59 Å². The van der Waals surface area contributed by atoms with E-state index in [0.29, 0.717) is 12.1 Å². The zero-order chi connectivity index (χ0) is 16.7. The number of Topliss-reactive ketones (excluding diaryl/α,β-unsaturated/α-hetero) is 1. The van der Waals surface area contributed by atoms with Gasteiger partial charge in [-0.15, -0.1) is 0 Å². The average Bonchev–Trinajstić information content (AvgIpc) is 2.54. The molecule has 0 aliphatic carbocycles. The lowest BCUT2D eigenvalue weighted by Gasteiger charge is -2.10. The first-order chi connectivity index (χ1) is 11.1. The fourth-order valence-corrected chi connectivity index (χ4v) is 2.27. The van der Waals surface area contributed by atoms with Crippen LogP contribution >= 0.6 is 0 Å². The Morgan fingerprint density at radius 3 is 2.52 bits per heavy atom. The Hall–Kier alpha value is -2.93. The van der Waals surface area contributed by atoms with Crippen LogP contribution in [0, 0.1) is 24.2 Å². The van der Waals surface area contributed by atoms with E-state index in [1.807, 2.05) is 55.5 Å². The summed E-state index contributed by atoms with van der Waals surface area (Å²) >= 11 is 0. The van der Waals surface area contributed by atoms with E-state index in [1.54, 1.807) is 12.1 Å². The highest BCUT2D eigenvalue weighted by molar-refractivity contribution is 6.09. The third kappa shape index (κ3) is 4.79. The van der Waals surface area contributed by atoms with Crippen molar-refractivity contribution in [2.24, 2.45) is 5.92 Å². The van der Waals surface area contributed by atoms with E-state index in [-0.39, 0.29) is 12.2 Å². The lowest BCUT2D eigenvalue weighted by atomic mass is 9.98. The van der Waals surface area contributed by atoms with E-state index < -0.39 is 11.8 Å². The maximum absolute atomic E-state index is 12.2. The molecule has 0 spiro atoms. The molecular weight excluding hydrogens is 288 g/mol. The second kappa shape index (κ2) is 7.90. The normalized spacial score (nSPS) is 11.3. The highest BCUT2D eigenvalue weighted by atomic mass is 16.2. The standard InChI is InChI=1S/C19H18N2O2/c1-14-6-5-9-16(12-14)21-19(23)17(13-20)18(22)11-10-15-7-3-2-4-8-15/h2-9,12,17H,10-11H2,1H3,(H,21,23). The molecule has 0 heterocycles. The summed E-state index contributed by atoms with van der Waals surface area (Å²) in [5.41, 5.74) is 2.59. The van der Waals surface area contributed by atoms with Gasteiger partial charge >= 0.3 is 0 Å². The quantitative estimate of drug-likeness (QED) is 0.833. The van der Waals surface area contributed by atoms with E-state index in [0.717, 1.165) is 11.1 Å². The summed E-state index contributed by atoms with van der Waals surface area (Å²) in [5.74, 6) is -2.21. The lowest BCUT2D eigenvalue weighted by molar-refractivity contribution is -0.128. The van der Waals surface area contributed by atoms with Gasteiger partial charge in [-0.3, -0.25) is 9.59 Å². The van der Waals surface area contributed by atoms with Gasteiger partial charge in [-0.25, -0.2) is 0 Å². The number of rotatable bonds is 6. The molecule has 0 aromatic heterocycles. The molecular formula is C19H18N2O2. The van der Waals surface area contributed by atoms with Crippen LogP contribution in [0.5, 0.6) is 0 Å². The lowest BCUT2D eigenvalue weighted by Crippen LogP contribution is -2.28. The van der Waals surface area contributed by atoms with Crippen molar-refractivity contribution in [3.63, 3.8) is 0 Å². The predicted molar refractivity (Wildman–Crippen MR) is 88.7 cm³/mol. The van der Waals surface area contributed by atoms with Gasteiger partial charge in [0.15, 0.2) is 11.7 Å². The number of nitrogens with one attached hydrogen (secondary N) is 1. The predicted octanol–water partition coefficient (Wildman–Crippen LogP) is 3.28. The maximum atomic E-state index is 12.2. The van der Waals surface area contributed by atoms with E-state index in [1.165, 1.54) is 0 Å². The number of carbonyl (C=O) groups is 2. The minimum atomic E-state index is -1.28. The molecule has 0 aliphatic rings. The Balaban J connectivity index is 1.96. The van der Waals surface area contributed by atoms with Crippen LogP contribution in [0.15, 0.2) is 54.6 Å². The third-order valence-corrected chi connectivity index (χ3v) is 3.50. The summed E-state index contributed by atoms with van der Waals surface area (Å²) < 4.78 is 0. The smallest absolute Gasteiger partial charge is 0.249 e. The van der Waals surface area contributed by atoms with Crippen LogP contribution < -0.4 is 5.32 Å². The summed E-state index contributed by atoms with van der Waals surface area (Å²) in [4.78, 5) is 24.3. The number of benzene rings is 2. The van der Waals surface area contributed by atoms with Crippen molar-refractivity contribution in [1.29, 1.82) is 5.26 Å². The molecule has 116 valence electrons. The molecule has 0 aliphatic heterocycles. The molecule has 4 nitrogen and oxygen atoms in total. The van der Waals surface area contributed by atoms with Crippen molar-refractivity contribution in [1.82, 2.24) is 0 Å². The van der Waals surface area contributed by atoms with Gasteiger partial charge in [0.25, 0.3) is 0 Å². The van der Waals surface area contributed by atoms with Gasteiger partial charge in [0.1, 0.15) is 0 Å². The van der Waals surface area contributed by atoms with Gasteiger partial charge in [0.05, 0.1) is 6.07 Å². The van der Waals surface area contributed by atoms with E-state index >= 15 is 0 Å². The average molecular weight is 306 g/mol. The number of hydrogen-bond donors (Lipinski definition) is 1. The molecule has 1 unspecified atom stereocenters. The first kappa shape index (κ1) is 16.4. The number of carbonyl (C=O) groups excluding carboxylic acids is 2. The van der Waals surface area contributed by atoms with Crippen molar-refractivity contribution >= 4 is 17.4 Å². The number of nitriles is 1. The number of anilines is 1. The molecule has 2 rings (SSSR count). The van der Waals surface area contributed by atoms with E-state index in [2.05, 4.69) is 5.32 Å². The number of aryl methyl sites for hydroxylation is 2.